The van der Waals surface area contributed by atoms with E-state index in [1.807, 2.05) is 37.3 Å². The van der Waals surface area contributed by atoms with Crippen molar-refractivity contribution >= 4 is 39.0 Å². The van der Waals surface area contributed by atoms with Crippen LogP contribution in [0.5, 0.6) is 0 Å². The van der Waals surface area contributed by atoms with Gasteiger partial charge >= 0.3 is 0 Å². The van der Waals surface area contributed by atoms with E-state index >= 15 is 0 Å². The van der Waals surface area contributed by atoms with Crippen molar-refractivity contribution in [1.29, 1.82) is 0 Å². The molecular formula is C33H27FN6S. The van der Waals surface area contributed by atoms with Crippen molar-refractivity contribution in [3.8, 4) is 22.0 Å². The van der Waals surface area contributed by atoms with Gasteiger partial charge < -0.3 is 10.3 Å². The number of hydrogen-bond acceptors (Lipinski definition) is 5. The first-order valence-electron chi connectivity index (χ1n) is 13.1. The average Bonchev–Trinajstić information content (AvgIpc) is 3.73. The van der Waals surface area contributed by atoms with Crippen LogP contribution in [0.15, 0.2) is 116 Å². The molecule has 0 spiro atoms. The zero-order valence-corrected chi connectivity index (χ0v) is 23.2. The molecule has 202 valence electrons. The highest BCUT2D eigenvalue weighted by atomic mass is 32.1. The molecule has 3 N–H and O–H groups in total. The fraction of sp³-hybridized carbons (Fsp3) is 0.0606. The molecule has 0 radical (unpaired) electrons. The van der Waals surface area contributed by atoms with E-state index in [9.17, 15) is 4.39 Å². The smallest absolute Gasteiger partial charge is 0.178 e. The summed E-state index contributed by atoms with van der Waals surface area (Å²) in [5.74, 6) is 0.587. The molecule has 2 aromatic carbocycles. The minimum absolute atomic E-state index is 0.236. The van der Waals surface area contributed by atoms with E-state index in [1.165, 1.54) is 11.6 Å². The molecule has 0 saturated heterocycles. The van der Waals surface area contributed by atoms with Crippen molar-refractivity contribution in [3.05, 3.63) is 132 Å². The highest BCUT2D eigenvalue weighted by molar-refractivity contribution is 7.14. The number of nitrogens with zero attached hydrogens (tertiary/aromatic N) is 3. The number of halogens is 1. The third kappa shape index (κ3) is 5.37. The van der Waals surface area contributed by atoms with Crippen LogP contribution in [0.25, 0.3) is 49.6 Å². The van der Waals surface area contributed by atoms with Crippen molar-refractivity contribution in [2.45, 2.75) is 13.3 Å². The van der Waals surface area contributed by atoms with Gasteiger partial charge in [0.2, 0.25) is 0 Å². The zero-order valence-electron chi connectivity index (χ0n) is 22.4. The fourth-order valence-corrected chi connectivity index (χ4v) is 5.56. The van der Waals surface area contributed by atoms with Crippen LogP contribution in [-0.2, 0) is 6.42 Å². The van der Waals surface area contributed by atoms with E-state index < -0.39 is 0 Å². The van der Waals surface area contributed by atoms with Gasteiger partial charge in [-0.1, -0.05) is 55.6 Å². The number of H-pyrrole nitrogens is 2. The molecule has 0 bridgehead atoms. The third-order valence-electron chi connectivity index (χ3n) is 6.77. The van der Waals surface area contributed by atoms with Crippen LogP contribution in [0.1, 0.15) is 18.1 Å². The zero-order chi connectivity index (χ0) is 28.3. The lowest BCUT2D eigenvalue weighted by atomic mass is 10.0. The Kier molecular flexibility index (Phi) is 7.14. The van der Waals surface area contributed by atoms with E-state index in [1.54, 1.807) is 18.3 Å². The van der Waals surface area contributed by atoms with Crippen LogP contribution in [0.2, 0.25) is 0 Å². The monoisotopic (exact) mass is 558 g/mol. The number of pyridine rings is 1. The number of aromatic amines is 2. The summed E-state index contributed by atoms with van der Waals surface area (Å²) in [7, 11) is 0. The number of hydrogen-bond donors (Lipinski definition) is 3. The number of allylic oxidation sites excluding steroid dienone is 5. The first-order chi connectivity index (χ1) is 20.0. The first kappa shape index (κ1) is 26.2. The van der Waals surface area contributed by atoms with Gasteiger partial charge in [0.25, 0.3) is 0 Å². The number of nitrogens with one attached hydrogen (secondary N) is 3. The molecule has 0 saturated carbocycles. The van der Waals surface area contributed by atoms with Gasteiger partial charge in [-0.2, -0.15) is 9.49 Å². The molecule has 0 atom stereocenters. The van der Waals surface area contributed by atoms with Gasteiger partial charge in [-0.3, -0.25) is 5.10 Å². The number of fused-ring (bicyclic) bond motifs is 2. The Morgan fingerprint density at radius 3 is 2.71 bits per heavy atom. The van der Waals surface area contributed by atoms with Crippen molar-refractivity contribution in [1.82, 2.24) is 30.5 Å². The highest BCUT2D eigenvalue weighted by Gasteiger charge is 2.17. The van der Waals surface area contributed by atoms with E-state index in [4.69, 9.17) is 4.98 Å². The normalized spacial score (nSPS) is 12.2. The number of thiophene rings is 1. The SMILES string of the molecule is C=C/C(=C\C(=C/C)c1ccc2[nH]nc(-c3nc4nccc(-c5ccc(F)s5)c4[nH]3)c2c1)NC(=C)Cc1ccccc1. The molecule has 0 fully saturated rings. The Bertz CT molecular complexity index is 1960. The van der Waals surface area contributed by atoms with Crippen molar-refractivity contribution < 1.29 is 4.39 Å². The third-order valence-corrected chi connectivity index (χ3v) is 7.68. The number of benzene rings is 2. The number of aromatic nitrogens is 5. The van der Waals surface area contributed by atoms with Crippen molar-refractivity contribution in [3.63, 3.8) is 0 Å². The second-order valence-electron chi connectivity index (χ2n) is 9.52. The summed E-state index contributed by atoms with van der Waals surface area (Å²) in [5, 5.41) is 11.8. The largest absolute Gasteiger partial charge is 0.359 e. The Morgan fingerprint density at radius 2 is 1.95 bits per heavy atom. The Morgan fingerprint density at radius 1 is 1.10 bits per heavy atom. The van der Waals surface area contributed by atoms with Crippen LogP contribution in [-0.4, -0.2) is 25.1 Å². The van der Waals surface area contributed by atoms with Gasteiger partial charge in [-0.15, -0.1) is 11.3 Å². The second-order valence-corrected chi connectivity index (χ2v) is 10.6. The first-order valence-corrected chi connectivity index (χ1v) is 13.9. The molecule has 4 heterocycles. The Hall–Kier alpha value is -5.08. The molecule has 6 nitrogen and oxygen atoms in total. The summed E-state index contributed by atoms with van der Waals surface area (Å²) in [4.78, 5) is 13.3. The molecule has 6 aromatic rings. The van der Waals surface area contributed by atoms with Gasteiger partial charge in [0.1, 0.15) is 5.69 Å². The summed E-state index contributed by atoms with van der Waals surface area (Å²) in [5.41, 5.74) is 8.66. The van der Waals surface area contributed by atoms with Crippen molar-refractivity contribution in [2.75, 3.05) is 0 Å². The van der Waals surface area contributed by atoms with Crippen LogP contribution < -0.4 is 5.32 Å². The Labute approximate surface area is 240 Å². The maximum absolute atomic E-state index is 13.7. The quantitative estimate of drug-likeness (QED) is 0.156. The summed E-state index contributed by atoms with van der Waals surface area (Å²) in [6.45, 7) is 10.2. The van der Waals surface area contributed by atoms with E-state index in [2.05, 4.69) is 75.1 Å². The predicted octanol–water partition coefficient (Wildman–Crippen LogP) is 8.19. The predicted molar refractivity (Wildman–Crippen MR) is 167 cm³/mol. The second kappa shape index (κ2) is 11.2. The molecule has 0 aliphatic rings. The number of imidazole rings is 1. The lowest BCUT2D eigenvalue weighted by Gasteiger charge is -2.12. The minimum atomic E-state index is -0.236. The summed E-state index contributed by atoms with van der Waals surface area (Å²) >= 11 is 1.09. The van der Waals surface area contributed by atoms with Crippen LogP contribution in [0.4, 0.5) is 4.39 Å². The van der Waals surface area contributed by atoms with Crippen LogP contribution in [0, 0.1) is 5.13 Å². The molecule has 0 aliphatic carbocycles. The van der Waals surface area contributed by atoms with E-state index in [0.29, 0.717) is 17.2 Å². The molecule has 4 aromatic heterocycles. The van der Waals surface area contributed by atoms with Gasteiger partial charge in [0.15, 0.2) is 16.6 Å². The number of rotatable bonds is 9. The summed E-state index contributed by atoms with van der Waals surface area (Å²) in [6.07, 6.45) is 8.31. The summed E-state index contributed by atoms with van der Waals surface area (Å²) in [6, 6.07) is 21.5. The molecule has 0 unspecified atom stereocenters. The molecule has 8 heteroatoms. The average molecular weight is 559 g/mol. The van der Waals surface area contributed by atoms with Crippen LogP contribution in [0.3, 0.4) is 0 Å². The molecule has 0 amide bonds. The fourth-order valence-electron chi connectivity index (χ4n) is 4.80. The minimum Gasteiger partial charge on any atom is -0.359 e. The van der Waals surface area contributed by atoms with Gasteiger partial charge in [0, 0.05) is 39.8 Å². The molecule has 41 heavy (non-hydrogen) atoms. The van der Waals surface area contributed by atoms with E-state index in [-0.39, 0.29) is 5.13 Å². The van der Waals surface area contributed by atoms with Crippen LogP contribution >= 0.6 is 11.3 Å². The molecule has 6 rings (SSSR count). The topological polar surface area (TPSA) is 82.3 Å². The maximum atomic E-state index is 13.7. The molecule has 0 aliphatic heterocycles. The standard InChI is InChI=1S/C33H27FN6S/c1-4-22(18-24(5-2)36-20(3)17-21-9-7-6-8-10-21)23-11-12-27-26(19-23)31(40-39-27)33-37-30-25(15-16-35-32(30)38-33)28-13-14-29(34)41-28/h4-16,18-19,36H,2-3,17H2,1H3,(H,39,40)(H,35,37,38)/b22-4+,24-18+. The maximum Gasteiger partial charge on any atom is 0.178 e. The highest BCUT2D eigenvalue weighted by Crippen LogP contribution is 2.34. The van der Waals surface area contributed by atoms with Gasteiger partial charge in [-0.25, -0.2) is 9.97 Å². The van der Waals surface area contributed by atoms with Gasteiger partial charge in [0.05, 0.1) is 11.0 Å². The van der Waals surface area contributed by atoms with Crippen molar-refractivity contribution in [2.24, 2.45) is 0 Å². The summed E-state index contributed by atoms with van der Waals surface area (Å²) < 4.78 is 13.7. The van der Waals surface area contributed by atoms with E-state index in [0.717, 1.165) is 67.1 Å². The molecular weight excluding hydrogens is 531 g/mol. The lowest BCUT2D eigenvalue weighted by molar-refractivity contribution is 0.657. The van der Waals surface area contributed by atoms with Gasteiger partial charge in [-0.05, 0) is 66.1 Å². The Balaban J connectivity index is 1.32. The lowest BCUT2D eigenvalue weighted by Crippen LogP contribution is -2.12.